The van der Waals surface area contributed by atoms with E-state index in [4.69, 9.17) is 5.41 Å². The van der Waals surface area contributed by atoms with Gasteiger partial charge >= 0.3 is 0 Å². The van der Waals surface area contributed by atoms with Crippen LogP contribution in [0, 0.1) is 62.6 Å². The molecule has 5 nitrogen and oxygen atoms in total. The van der Waals surface area contributed by atoms with Crippen molar-refractivity contribution < 1.29 is 4.90 Å². The van der Waals surface area contributed by atoms with Crippen LogP contribution in [0.25, 0.3) is 0 Å². The first-order valence-corrected chi connectivity index (χ1v) is 9.49. The molecule has 1 aromatic rings. The van der Waals surface area contributed by atoms with Crippen LogP contribution in [0.4, 0.5) is 0 Å². The number of nitrogens with zero attached hydrogens (tertiary/aromatic N) is 3. The summed E-state index contributed by atoms with van der Waals surface area (Å²) in [6.45, 7) is 4.51. The van der Waals surface area contributed by atoms with Crippen LogP contribution in [0.15, 0.2) is 42.0 Å². The van der Waals surface area contributed by atoms with Gasteiger partial charge in [0.2, 0.25) is 0 Å². The molecule has 0 bridgehead atoms. The molecule has 2 aliphatic rings. The molecule has 27 heavy (non-hydrogen) atoms. The average molecular weight is 358 g/mol. The largest absolute Gasteiger partial charge is 0.327 e. The van der Waals surface area contributed by atoms with Gasteiger partial charge in [0, 0.05) is 17.4 Å². The summed E-state index contributed by atoms with van der Waals surface area (Å²) in [5, 5.41) is 37.9. The van der Waals surface area contributed by atoms with E-state index in [0.717, 1.165) is 31.6 Å². The molecule has 4 atom stereocenters. The number of hydrogen-bond donors (Lipinski definition) is 2. The third-order valence-corrected chi connectivity index (χ3v) is 6.03. The molecule has 0 saturated heterocycles. The molecule has 0 aromatic heterocycles. The number of fused-ring (bicyclic) bond motifs is 1. The summed E-state index contributed by atoms with van der Waals surface area (Å²) in [6, 6.07) is 16.8. The Morgan fingerprint density at radius 2 is 1.89 bits per heavy atom. The fraction of sp³-hybridized carbons (Fsp3) is 0.455. The predicted octanol–water partition coefficient (Wildman–Crippen LogP) is 2.25. The van der Waals surface area contributed by atoms with E-state index in [0.29, 0.717) is 6.42 Å². The molecule has 5 heteroatoms. The first kappa shape index (κ1) is 18.8. The first-order valence-electron chi connectivity index (χ1n) is 9.49. The van der Waals surface area contributed by atoms with E-state index in [9.17, 15) is 15.8 Å². The summed E-state index contributed by atoms with van der Waals surface area (Å²) in [5.74, 6) is -0.983. The summed E-state index contributed by atoms with van der Waals surface area (Å²) in [5.41, 5.74) is 0.693. The molecule has 1 heterocycles. The zero-order valence-electron chi connectivity index (χ0n) is 15.6. The number of nitriles is 3. The van der Waals surface area contributed by atoms with E-state index >= 15 is 0 Å². The van der Waals surface area contributed by atoms with Gasteiger partial charge in [-0.1, -0.05) is 43.7 Å². The van der Waals surface area contributed by atoms with Gasteiger partial charge in [0.1, 0.15) is 12.5 Å². The molecular formula is C22H24N5+. The van der Waals surface area contributed by atoms with Crippen LogP contribution in [0.5, 0.6) is 0 Å². The van der Waals surface area contributed by atoms with E-state index in [-0.39, 0.29) is 17.5 Å². The van der Waals surface area contributed by atoms with E-state index in [2.05, 4.69) is 36.4 Å². The molecule has 1 unspecified atom stereocenters. The highest BCUT2D eigenvalue weighted by Crippen LogP contribution is 2.49. The van der Waals surface area contributed by atoms with Crippen molar-refractivity contribution in [3.05, 3.63) is 47.5 Å². The van der Waals surface area contributed by atoms with Crippen LogP contribution in [-0.4, -0.2) is 18.8 Å². The summed E-state index contributed by atoms with van der Waals surface area (Å²) < 4.78 is 0. The quantitative estimate of drug-likeness (QED) is 0.807. The second-order valence-corrected chi connectivity index (χ2v) is 7.53. The van der Waals surface area contributed by atoms with Crippen LogP contribution in [0.3, 0.4) is 0 Å². The van der Waals surface area contributed by atoms with Gasteiger partial charge in [-0.05, 0) is 18.1 Å². The molecule has 1 aromatic carbocycles. The molecule has 2 N–H and O–H groups in total. The standard InChI is InChI=1S/C22H23N5/c1-2-6-20-19-13-27(12-16-7-4-3-5-8-16)10-9-17(19)18(11-23)21(26)22(20,14-24)15-25/h3-5,7-9,18-20,26H,2,6,10,12-13H2,1H3/p+1/t18-,19-,20+/m0/s1. The maximum absolute atomic E-state index is 9.86. The van der Waals surface area contributed by atoms with Crippen LogP contribution < -0.4 is 4.90 Å². The first-order chi connectivity index (χ1) is 13.1. The maximum atomic E-state index is 9.86. The Labute approximate surface area is 160 Å². The molecule has 1 fully saturated rings. The smallest absolute Gasteiger partial charge is 0.185 e. The Hall–Kier alpha value is -2.94. The molecule has 3 rings (SSSR count). The van der Waals surface area contributed by atoms with Gasteiger partial charge in [0.15, 0.2) is 5.41 Å². The Balaban J connectivity index is 1.98. The number of rotatable bonds is 4. The van der Waals surface area contributed by atoms with E-state index in [1.54, 1.807) is 0 Å². The molecule has 0 amide bonds. The maximum Gasteiger partial charge on any atom is 0.185 e. The molecular weight excluding hydrogens is 334 g/mol. The monoisotopic (exact) mass is 358 g/mol. The summed E-state index contributed by atoms with van der Waals surface area (Å²) in [4.78, 5) is 1.37. The summed E-state index contributed by atoms with van der Waals surface area (Å²) in [7, 11) is 0. The lowest BCUT2D eigenvalue weighted by atomic mass is 9.55. The van der Waals surface area contributed by atoms with Gasteiger partial charge in [-0.15, -0.1) is 0 Å². The van der Waals surface area contributed by atoms with Crippen LogP contribution >= 0.6 is 0 Å². The van der Waals surface area contributed by atoms with Crippen molar-refractivity contribution in [3.63, 3.8) is 0 Å². The van der Waals surface area contributed by atoms with Crippen LogP contribution in [-0.2, 0) is 6.54 Å². The SMILES string of the molecule is CCC[C@@H]1[C@H]2C[NH+](Cc3ccccc3)CC=C2[C@H](C#N)C(=N)C1(C#N)C#N. The van der Waals surface area contributed by atoms with E-state index in [1.807, 2.05) is 25.1 Å². The second-order valence-electron chi connectivity index (χ2n) is 7.53. The number of nitrogens with one attached hydrogen (secondary N) is 2. The molecule has 0 radical (unpaired) electrons. The summed E-state index contributed by atoms with van der Waals surface area (Å²) in [6.07, 6.45) is 3.65. The van der Waals surface area contributed by atoms with E-state index in [1.165, 1.54) is 10.5 Å². The highest BCUT2D eigenvalue weighted by atomic mass is 15.1. The van der Waals surface area contributed by atoms with Crippen LogP contribution in [0.1, 0.15) is 25.3 Å². The Kier molecular flexibility index (Phi) is 5.41. The van der Waals surface area contributed by atoms with Gasteiger partial charge in [0.25, 0.3) is 0 Å². The lowest BCUT2D eigenvalue weighted by Crippen LogP contribution is -3.12. The van der Waals surface area contributed by atoms with Gasteiger partial charge < -0.3 is 10.3 Å². The highest BCUT2D eigenvalue weighted by Gasteiger charge is 2.57. The minimum Gasteiger partial charge on any atom is -0.327 e. The van der Waals surface area contributed by atoms with Crippen molar-refractivity contribution in [1.82, 2.24) is 0 Å². The minimum absolute atomic E-state index is 0.00420. The molecule has 1 aliphatic heterocycles. The van der Waals surface area contributed by atoms with Gasteiger partial charge in [-0.25, -0.2) is 0 Å². The number of hydrogen-bond acceptors (Lipinski definition) is 4. The van der Waals surface area contributed by atoms with Crippen molar-refractivity contribution in [2.45, 2.75) is 26.3 Å². The second kappa shape index (κ2) is 7.75. The Morgan fingerprint density at radius 1 is 1.19 bits per heavy atom. The lowest BCUT2D eigenvalue weighted by molar-refractivity contribution is -0.913. The van der Waals surface area contributed by atoms with Gasteiger partial charge in [-0.2, -0.15) is 15.8 Å². The predicted molar refractivity (Wildman–Crippen MR) is 101 cm³/mol. The molecule has 0 spiro atoms. The number of benzene rings is 1. The van der Waals surface area contributed by atoms with Gasteiger partial charge in [-0.3, -0.25) is 0 Å². The van der Waals surface area contributed by atoms with E-state index < -0.39 is 11.3 Å². The van der Waals surface area contributed by atoms with Crippen LogP contribution in [0.2, 0.25) is 0 Å². The minimum atomic E-state index is -1.49. The van der Waals surface area contributed by atoms with Gasteiger partial charge in [0.05, 0.1) is 37.0 Å². The lowest BCUT2D eigenvalue weighted by Gasteiger charge is -2.46. The van der Waals surface area contributed by atoms with Crippen molar-refractivity contribution in [3.8, 4) is 18.2 Å². The fourth-order valence-corrected chi connectivity index (χ4v) is 4.74. The van der Waals surface area contributed by atoms with Crippen molar-refractivity contribution in [1.29, 1.82) is 21.2 Å². The average Bonchev–Trinajstić information content (AvgIpc) is 2.70. The molecule has 1 saturated carbocycles. The molecule has 1 aliphatic carbocycles. The number of quaternary nitrogens is 1. The Morgan fingerprint density at radius 3 is 2.48 bits per heavy atom. The zero-order chi connectivity index (χ0) is 19.4. The van der Waals surface area contributed by atoms with Crippen molar-refractivity contribution >= 4 is 5.71 Å². The third kappa shape index (κ3) is 3.14. The third-order valence-electron chi connectivity index (χ3n) is 6.03. The zero-order valence-corrected chi connectivity index (χ0v) is 15.6. The molecule has 136 valence electrons. The van der Waals surface area contributed by atoms with Crippen molar-refractivity contribution in [2.75, 3.05) is 13.1 Å². The topological polar surface area (TPSA) is 99.7 Å². The Bertz CT molecular complexity index is 851. The summed E-state index contributed by atoms with van der Waals surface area (Å²) >= 11 is 0. The highest BCUT2D eigenvalue weighted by molar-refractivity contribution is 5.99. The normalized spacial score (nSPS) is 28.8. The fourth-order valence-electron chi connectivity index (χ4n) is 4.74. The van der Waals surface area contributed by atoms with Crippen molar-refractivity contribution in [2.24, 2.45) is 23.2 Å².